The molecule has 0 aromatic heterocycles. The standard InChI is InChI=1S/C15H25ClO/c16-11-15(13-5-3-1-2-4-6-13)9-10-17-14(15)12-7-8-12/h12-14H,1-11H2. The van der Waals surface area contributed by atoms with Crippen LogP contribution in [0.15, 0.2) is 0 Å². The fourth-order valence-electron chi connectivity index (χ4n) is 4.23. The Kier molecular flexibility index (Phi) is 3.68. The molecule has 1 nitrogen and oxygen atoms in total. The van der Waals surface area contributed by atoms with Gasteiger partial charge in [-0.05, 0) is 43.9 Å². The van der Waals surface area contributed by atoms with Gasteiger partial charge in [0, 0.05) is 17.9 Å². The van der Waals surface area contributed by atoms with Crippen LogP contribution < -0.4 is 0 Å². The lowest BCUT2D eigenvalue weighted by Gasteiger charge is -2.40. The van der Waals surface area contributed by atoms with Crippen LogP contribution in [0.2, 0.25) is 0 Å². The van der Waals surface area contributed by atoms with E-state index in [0.29, 0.717) is 11.5 Å². The highest BCUT2D eigenvalue weighted by molar-refractivity contribution is 6.18. The molecule has 2 aliphatic carbocycles. The maximum atomic E-state index is 6.44. The Morgan fingerprint density at radius 2 is 1.71 bits per heavy atom. The second-order valence-electron chi connectivity index (χ2n) is 6.43. The summed E-state index contributed by atoms with van der Waals surface area (Å²) in [7, 11) is 0. The van der Waals surface area contributed by atoms with Crippen molar-refractivity contribution in [1.82, 2.24) is 0 Å². The van der Waals surface area contributed by atoms with Crippen LogP contribution in [-0.4, -0.2) is 18.6 Å². The third kappa shape index (κ3) is 2.26. The van der Waals surface area contributed by atoms with Crippen molar-refractivity contribution in [1.29, 1.82) is 0 Å². The lowest BCUT2D eigenvalue weighted by Crippen LogP contribution is -2.41. The van der Waals surface area contributed by atoms with Crippen molar-refractivity contribution < 1.29 is 4.74 Å². The largest absolute Gasteiger partial charge is 0.377 e. The molecule has 3 fully saturated rings. The summed E-state index contributed by atoms with van der Waals surface area (Å²) < 4.78 is 6.09. The molecular formula is C15H25ClO. The van der Waals surface area contributed by atoms with Crippen LogP contribution in [0, 0.1) is 17.3 Å². The zero-order chi connectivity index (χ0) is 11.7. The zero-order valence-electron chi connectivity index (χ0n) is 10.8. The van der Waals surface area contributed by atoms with Gasteiger partial charge in [-0.1, -0.05) is 25.7 Å². The van der Waals surface area contributed by atoms with Crippen LogP contribution in [0.3, 0.4) is 0 Å². The van der Waals surface area contributed by atoms with Gasteiger partial charge in [-0.3, -0.25) is 0 Å². The molecule has 1 heterocycles. The summed E-state index contributed by atoms with van der Waals surface area (Å²) >= 11 is 6.44. The highest BCUT2D eigenvalue weighted by Crippen LogP contribution is 2.54. The molecule has 0 amide bonds. The number of alkyl halides is 1. The Morgan fingerprint density at radius 3 is 2.29 bits per heavy atom. The van der Waals surface area contributed by atoms with Crippen LogP contribution in [0.5, 0.6) is 0 Å². The third-order valence-electron chi connectivity index (χ3n) is 5.40. The van der Waals surface area contributed by atoms with Gasteiger partial charge < -0.3 is 4.74 Å². The van der Waals surface area contributed by atoms with E-state index in [0.717, 1.165) is 24.3 Å². The quantitative estimate of drug-likeness (QED) is 0.538. The van der Waals surface area contributed by atoms with Gasteiger partial charge in [0.25, 0.3) is 0 Å². The Balaban J connectivity index is 1.78. The summed E-state index contributed by atoms with van der Waals surface area (Å²) in [6.07, 6.45) is 13.0. The van der Waals surface area contributed by atoms with E-state index < -0.39 is 0 Å². The first-order valence-electron chi connectivity index (χ1n) is 7.54. The van der Waals surface area contributed by atoms with Gasteiger partial charge in [0.15, 0.2) is 0 Å². The molecule has 0 spiro atoms. The average Bonchev–Trinajstić information content (AvgIpc) is 3.15. The van der Waals surface area contributed by atoms with Crippen LogP contribution >= 0.6 is 11.6 Å². The van der Waals surface area contributed by atoms with E-state index in [2.05, 4.69) is 0 Å². The molecule has 3 rings (SSSR count). The summed E-state index contributed by atoms with van der Waals surface area (Å²) in [6.45, 7) is 0.963. The molecule has 0 N–H and O–H groups in total. The van der Waals surface area contributed by atoms with Crippen LogP contribution in [-0.2, 0) is 4.74 Å². The van der Waals surface area contributed by atoms with Crippen molar-refractivity contribution >= 4 is 11.6 Å². The van der Waals surface area contributed by atoms with Crippen molar-refractivity contribution in [3.8, 4) is 0 Å². The highest BCUT2D eigenvalue weighted by Gasteiger charge is 2.53. The minimum Gasteiger partial charge on any atom is -0.377 e. The van der Waals surface area contributed by atoms with Crippen LogP contribution in [0.4, 0.5) is 0 Å². The van der Waals surface area contributed by atoms with Gasteiger partial charge >= 0.3 is 0 Å². The van der Waals surface area contributed by atoms with Gasteiger partial charge in [0.2, 0.25) is 0 Å². The topological polar surface area (TPSA) is 9.23 Å². The number of rotatable bonds is 3. The van der Waals surface area contributed by atoms with Gasteiger partial charge in [-0.2, -0.15) is 0 Å². The van der Waals surface area contributed by atoms with Crippen molar-refractivity contribution in [3.63, 3.8) is 0 Å². The molecule has 1 aliphatic heterocycles. The third-order valence-corrected chi connectivity index (χ3v) is 5.90. The molecule has 98 valence electrons. The number of halogens is 1. The van der Waals surface area contributed by atoms with E-state index in [1.807, 2.05) is 0 Å². The smallest absolute Gasteiger partial charge is 0.0674 e. The highest BCUT2D eigenvalue weighted by atomic mass is 35.5. The van der Waals surface area contributed by atoms with Crippen LogP contribution in [0.25, 0.3) is 0 Å². The summed E-state index contributed by atoms with van der Waals surface area (Å²) in [6, 6.07) is 0. The molecular weight excluding hydrogens is 232 g/mol. The van der Waals surface area contributed by atoms with Crippen molar-refractivity contribution in [2.45, 2.75) is 63.9 Å². The van der Waals surface area contributed by atoms with Crippen LogP contribution in [0.1, 0.15) is 57.8 Å². The average molecular weight is 257 g/mol. The maximum Gasteiger partial charge on any atom is 0.0674 e. The number of hydrogen-bond donors (Lipinski definition) is 0. The van der Waals surface area contributed by atoms with E-state index in [1.165, 1.54) is 57.8 Å². The zero-order valence-corrected chi connectivity index (χ0v) is 11.6. The molecule has 0 aromatic carbocycles. The number of hydrogen-bond acceptors (Lipinski definition) is 1. The molecule has 0 radical (unpaired) electrons. The Morgan fingerprint density at radius 1 is 1.00 bits per heavy atom. The molecule has 2 atom stereocenters. The normalized spacial score (nSPS) is 40.4. The van der Waals surface area contributed by atoms with E-state index in [1.54, 1.807) is 0 Å². The van der Waals surface area contributed by atoms with Gasteiger partial charge in [0.1, 0.15) is 0 Å². The molecule has 2 heteroatoms. The monoisotopic (exact) mass is 256 g/mol. The summed E-state index contributed by atoms with van der Waals surface area (Å²) in [5, 5.41) is 0. The SMILES string of the molecule is ClCC1(C2CCCCCC2)CCOC1C1CC1. The van der Waals surface area contributed by atoms with Gasteiger partial charge in [0.05, 0.1) is 6.10 Å². The van der Waals surface area contributed by atoms with Gasteiger partial charge in [-0.25, -0.2) is 0 Å². The molecule has 1 saturated heterocycles. The maximum absolute atomic E-state index is 6.44. The first-order valence-corrected chi connectivity index (χ1v) is 8.08. The Bertz CT molecular complexity index is 256. The molecule has 17 heavy (non-hydrogen) atoms. The summed E-state index contributed by atoms with van der Waals surface area (Å²) in [5.41, 5.74) is 0.340. The number of ether oxygens (including phenoxy) is 1. The lowest BCUT2D eigenvalue weighted by atomic mass is 9.67. The van der Waals surface area contributed by atoms with Gasteiger partial charge in [-0.15, -0.1) is 11.6 Å². The predicted molar refractivity (Wildman–Crippen MR) is 71.4 cm³/mol. The molecule has 0 bridgehead atoms. The summed E-state index contributed by atoms with van der Waals surface area (Å²) in [5.74, 6) is 2.52. The lowest BCUT2D eigenvalue weighted by molar-refractivity contribution is 0.00727. The first kappa shape index (κ1) is 12.3. The van der Waals surface area contributed by atoms with Crippen molar-refractivity contribution in [3.05, 3.63) is 0 Å². The fourth-order valence-corrected chi connectivity index (χ4v) is 4.74. The second kappa shape index (κ2) is 5.09. The molecule has 2 unspecified atom stereocenters. The predicted octanol–water partition coefficient (Wildman–Crippen LogP) is 4.38. The molecule has 0 aromatic rings. The van der Waals surface area contributed by atoms with Crippen molar-refractivity contribution in [2.24, 2.45) is 17.3 Å². The summed E-state index contributed by atoms with van der Waals surface area (Å²) in [4.78, 5) is 0. The van der Waals surface area contributed by atoms with E-state index in [-0.39, 0.29) is 0 Å². The second-order valence-corrected chi connectivity index (χ2v) is 6.70. The Labute approximate surface area is 110 Å². The van der Waals surface area contributed by atoms with E-state index in [4.69, 9.17) is 16.3 Å². The fraction of sp³-hybridized carbons (Fsp3) is 1.00. The minimum atomic E-state index is 0.340. The van der Waals surface area contributed by atoms with Crippen molar-refractivity contribution in [2.75, 3.05) is 12.5 Å². The Hall–Kier alpha value is 0.250. The molecule has 3 aliphatic rings. The minimum absolute atomic E-state index is 0.340. The molecule has 2 saturated carbocycles. The van der Waals surface area contributed by atoms with E-state index >= 15 is 0 Å². The van der Waals surface area contributed by atoms with E-state index in [9.17, 15) is 0 Å². The first-order chi connectivity index (χ1) is 8.37.